The van der Waals surface area contributed by atoms with E-state index in [1.807, 2.05) is 0 Å². The topological polar surface area (TPSA) is 127 Å². The van der Waals surface area contributed by atoms with E-state index < -0.39 is 43.1 Å². The zero-order valence-electron chi connectivity index (χ0n) is 23.1. The van der Waals surface area contributed by atoms with Gasteiger partial charge in [0.05, 0.1) is 24.3 Å². The van der Waals surface area contributed by atoms with Gasteiger partial charge in [-0.1, -0.05) is 78.1 Å². The highest BCUT2D eigenvalue weighted by atomic mass is 32.2. The lowest BCUT2D eigenvalue weighted by Gasteiger charge is -2.12. The molecule has 0 unspecified atom stereocenters. The van der Waals surface area contributed by atoms with Crippen molar-refractivity contribution in [1.29, 1.82) is 0 Å². The molecule has 0 fully saturated rings. The lowest BCUT2D eigenvalue weighted by molar-refractivity contribution is 0.0488. The molecule has 0 spiro atoms. The molecule has 216 valence electrons. The van der Waals surface area contributed by atoms with Crippen LogP contribution in [0.2, 0.25) is 0 Å². The van der Waals surface area contributed by atoms with Crippen LogP contribution in [0.4, 0.5) is 0 Å². The first kappa shape index (κ1) is 32.1. The van der Waals surface area contributed by atoms with Crippen molar-refractivity contribution in [3.63, 3.8) is 0 Å². The first-order valence-corrected chi connectivity index (χ1v) is 15.5. The summed E-state index contributed by atoms with van der Waals surface area (Å²) in [6.07, 6.45) is 12.3. The second-order valence-corrected chi connectivity index (χ2v) is 11.6. The van der Waals surface area contributed by atoms with E-state index in [0.29, 0.717) is 12.8 Å². The van der Waals surface area contributed by atoms with Gasteiger partial charge in [-0.2, -0.15) is 0 Å². The molecule has 0 atom stereocenters. The molecule has 0 aliphatic heterocycles. The number of sulfone groups is 1. The Morgan fingerprint density at radius 3 is 1.36 bits per heavy atom. The van der Waals surface area contributed by atoms with Gasteiger partial charge in [0.15, 0.2) is 0 Å². The van der Waals surface area contributed by atoms with Crippen molar-refractivity contribution < 1.29 is 37.7 Å². The van der Waals surface area contributed by atoms with E-state index in [9.17, 15) is 28.2 Å². The van der Waals surface area contributed by atoms with Gasteiger partial charge in [-0.25, -0.2) is 18.0 Å². The molecule has 0 radical (unpaired) electrons. The molecule has 2 aromatic rings. The minimum Gasteiger partial charge on any atom is -0.507 e. The predicted octanol–water partition coefficient (Wildman–Crippen LogP) is 6.97. The molecule has 39 heavy (non-hydrogen) atoms. The number of carbonyl (C=O) groups excluding carboxylic acids is 2. The zero-order valence-corrected chi connectivity index (χ0v) is 23.9. The second kappa shape index (κ2) is 16.8. The van der Waals surface area contributed by atoms with Crippen molar-refractivity contribution in [2.24, 2.45) is 0 Å². The van der Waals surface area contributed by atoms with Crippen LogP contribution in [0.5, 0.6) is 11.5 Å². The Kier molecular flexibility index (Phi) is 13.8. The number of ether oxygens (including phenoxy) is 2. The maximum atomic E-state index is 13.4. The van der Waals surface area contributed by atoms with Gasteiger partial charge >= 0.3 is 11.9 Å². The Morgan fingerprint density at radius 1 is 0.615 bits per heavy atom. The van der Waals surface area contributed by atoms with Crippen LogP contribution in [-0.2, 0) is 19.3 Å². The van der Waals surface area contributed by atoms with Crippen LogP contribution >= 0.6 is 0 Å². The molecule has 0 aliphatic rings. The average Bonchev–Trinajstić information content (AvgIpc) is 2.92. The molecule has 9 heteroatoms. The van der Waals surface area contributed by atoms with Gasteiger partial charge in [-0.3, -0.25) is 0 Å². The van der Waals surface area contributed by atoms with Crippen molar-refractivity contribution in [1.82, 2.24) is 0 Å². The molecular weight excluding hydrogens is 520 g/mol. The first-order valence-electron chi connectivity index (χ1n) is 14.0. The number of unbranched alkanes of at least 4 members (excludes halogenated alkanes) is 10. The van der Waals surface area contributed by atoms with E-state index in [1.54, 1.807) is 0 Å². The smallest absolute Gasteiger partial charge is 0.338 e. The van der Waals surface area contributed by atoms with Gasteiger partial charge in [-0.05, 0) is 49.2 Å². The first-order chi connectivity index (χ1) is 18.7. The van der Waals surface area contributed by atoms with E-state index in [-0.39, 0.29) is 24.3 Å². The molecule has 2 N–H and O–H groups in total. The molecule has 0 saturated carbocycles. The van der Waals surface area contributed by atoms with Gasteiger partial charge in [0, 0.05) is 0 Å². The molecular formula is C30H42O8S. The summed E-state index contributed by atoms with van der Waals surface area (Å²) in [7, 11) is -4.50. The van der Waals surface area contributed by atoms with Crippen molar-refractivity contribution in [3.8, 4) is 11.5 Å². The molecule has 2 aromatic carbocycles. The maximum Gasteiger partial charge on any atom is 0.338 e. The van der Waals surface area contributed by atoms with Crippen LogP contribution < -0.4 is 0 Å². The van der Waals surface area contributed by atoms with Gasteiger partial charge in [-0.15, -0.1) is 0 Å². The highest BCUT2D eigenvalue weighted by molar-refractivity contribution is 7.91. The fourth-order valence-electron chi connectivity index (χ4n) is 4.09. The fourth-order valence-corrected chi connectivity index (χ4v) is 5.58. The molecule has 0 aromatic heterocycles. The normalized spacial score (nSPS) is 11.3. The van der Waals surface area contributed by atoms with Gasteiger partial charge in [0.25, 0.3) is 0 Å². The Bertz CT molecular complexity index is 1090. The summed E-state index contributed by atoms with van der Waals surface area (Å²) < 4.78 is 37.3. The molecule has 8 nitrogen and oxygen atoms in total. The average molecular weight is 563 g/mol. The lowest BCUT2D eigenvalue weighted by Crippen LogP contribution is -2.11. The van der Waals surface area contributed by atoms with Crippen LogP contribution in [0.15, 0.2) is 46.2 Å². The quantitative estimate of drug-likeness (QED) is 0.147. The minimum absolute atomic E-state index is 0.0497. The van der Waals surface area contributed by atoms with Crippen molar-refractivity contribution in [2.75, 3.05) is 13.2 Å². The summed E-state index contributed by atoms with van der Waals surface area (Å²) in [5, 5.41) is 20.6. The number of carbonyl (C=O) groups is 2. The molecule has 0 aliphatic carbocycles. The zero-order chi connectivity index (χ0) is 28.7. The van der Waals surface area contributed by atoms with E-state index in [1.165, 1.54) is 25.0 Å². The molecule has 0 amide bonds. The number of rotatable bonds is 18. The van der Waals surface area contributed by atoms with Crippen molar-refractivity contribution in [3.05, 3.63) is 47.5 Å². The van der Waals surface area contributed by atoms with Crippen molar-refractivity contribution in [2.45, 2.75) is 101 Å². The standard InChI is InChI=1S/C30H42O8S/c1-3-5-7-9-11-13-19-37-29(33)23-15-17-25(31)27(21-23)39(35,36)28-22-24(16-18-26(28)32)30(34)38-20-14-12-10-8-6-4-2/h15-18,21-22,31-32H,3-14,19-20H2,1-2H3. The Morgan fingerprint density at radius 2 is 0.974 bits per heavy atom. The Labute approximate surface area is 232 Å². The second-order valence-electron chi connectivity index (χ2n) is 9.68. The van der Waals surface area contributed by atoms with E-state index in [2.05, 4.69) is 13.8 Å². The lowest BCUT2D eigenvalue weighted by atomic mass is 10.1. The van der Waals surface area contributed by atoms with Crippen LogP contribution in [0.1, 0.15) is 112 Å². The van der Waals surface area contributed by atoms with Crippen molar-refractivity contribution >= 4 is 21.8 Å². The number of benzene rings is 2. The SMILES string of the molecule is CCCCCCCCOC(=O)c1ccc(O)c(S(=O)(=O)c2cc(C(=O)OCCCCCCCC)ccc2O)c1. The monoisotopic (exact) mass is 562 g/mol. The summed E-state index contributed by atoms with van der Waals surface area (Å²) in [5.74, 6) is -2.62. The highest BCUT2D eigenvalue weighted by Crippen LogP contribution is 2.34. The molecule has 0 bridgehead atoms. The van der Waals surface area contributed by atoms with Crippen LogP contribution in [0.25, 0.3) is 0 Å². The van der Waals surface area contributed by atoms with Crippen LogP contribution in [0, 0.1) is 0 Å². The number of phenolic OH excluding ortho intramolecular Hbond substituents is 2. The largest absolute Gasteiger partial charge is 0.507 e. The van der Waals surface area contributed by atoms with E-state index in [4.69, 9.17) is 9.47 Å². The minimum atomic E-state index is -4.50. The third kappa shape index (κ3) is 10.2. The van der Waals surface area contributed by atoms with Gasteiger partial charge in [0.1, 0.15) is 21.3 Å². The number of phenols is 2. The summed E-state index contributed by atoms with van der Waals surface area (Å²) in [6, 6.07) is 6.74. The van der Waals surface area contributed by atoms with E-state index >= 15 is 0 Å². The molecule has 2 rings (SSSR count). The van der Waals surface area contributed by atoms with Crippen LogP contribution in [-0.4, -0.2) is 43.8 Å². The van der Waals surface area contributed by atoms with E-state index in [0.717, 1.165) is 75.6 Å². The van der Waals surface area contributed by atoms with Gasteiger partial charge < -0.3 is 19.7 Å². The molecule has 0 heterocycles. The Balaban J connectivity index is 2.08. The third-order valence-corrected chi connectivity index (χ3v) is 8.24. The fraction of sp³-hybridized carbons (Fsp3) is 0.533. The summed E-state index contributed by atoms with van der Waals surface area (Å²) in [4.78, 5) is 23.9. The van der Waals surface area contributed by atoms with Gasteiger partial charge in [0.2, 0.25) is 9.84 Å². The number of aromatic hydroxyl groups is 2. The summed E-state index contributed by atoms with van der Waals surface area (Å²) >= 11 is 0. The predicted molar refractivity (Wildman–Crippen MR) is 149 cm³/mol. The number of esters is 2. The highest BCUT2D eigenvalue weighted by Gasteiger charge is 2.28. The maximum absolute atomic E-state index is 13.4. The Hall–Kier alpha value is -3.07. The summed E-state index contributed by atoms with van der Waals surface area (Å²) in [5.41, 5.74) is -0.0994. The van der Waals surface area contributed by atoms with Crippen LogP contribution in [0.3, 0.4) is 0 Å². The third-order valence-electron chi connectivity index (χ3n) is 6.43. The molecule has 0 saturated heterocycles. The number of hydrogen-bond donors (Lipinski definition) is 2. The summed E-state index contributed by atoms with van der Waals surface area (Å²) in [6.45, 7) is 4.69. The number of hydrogen-bond acceptors (Lipinski definition) is 8.